The summed E-state index contributed by atoms with van der Waals surface area (Å²) in [6.45, 7) is 3.60. The summed E-state index contributed by atoms with van der Waals surface area (Å²) in [5.74, 6) is 1.01. The van der Waals surface area contributed by atoms with Crippen molar-refractivity contribution in [1.29, 1.82) is 0 Å². The van der Waals surface area contributed by atoms with Gasteiger partial charge in [0.15, 0.2) is 0 Å². The predicted octanol–water partition coefficient (Wildman–Crippen LogP) is 1.62. The molecule has 1 saturated heterocycles. The van der Waals surface area contributed by atoms with Crippen LogP contribution in [0.5, 0.6) is 0 Å². The third kappa shape index (κ3) is 3.17. The van der Waals surface area contributed by atoms with E-state index in [1.54, 1.807) is 0 Å². The third-order valence-electron chi connectivity index (χ3n) is 5.52. The lowest BCUT2D eigenvalue weighted by molar-refractivity contribution is -0.134. The number of hydrogen-bond acceptors (Lipinski definition) is 3. The highest BCUT2D eigenvalue weighted by atomic mass is 16.3. The first kappa shape index (κ1) is 14.3. The molecule has 4 nitrogen and oxygen atoms in total. The SMILES string of the molecule is O=C(CC1CCCC1)N1CCN([C@@H]2CCC[C@H]2O)CC1. The lowest BCUT2D eigenvalue weighted by atomic mass is 10.0. The highest BCUT2D eigenvalue weighted by molar-refractivity contribution is 5.76. The molecule has 0 aromatic carbocycles. The number of piperazine rings is 1. The molecular weight excluding hydrogens is 252 g/mol. The van der Waals surface area contributed by atoms with Crippen molar-refractivity contribution in [2.75, 3.05) is 26.2 Å². The Bertz CT molecular complexity index is 333. The quantitative estimate of drug-likeness (QED) is 0.854. The molecule has 0 spiro atoms. The number of rotatable bonds is 3. The van der Waals surface area contributed by atoms with Crippen LogP contribution in [0.1, 0.15) is 51.4 Å². The molecule has 3 rings (SSSR count). The molecule has 114 valence electrons. The summed E-state index contributed by atoms with van der Waals surface area (Å²) in [7, 11) is 0. The molecule has 3 fully saturated rings. The molecule has 0 aromatic heterocycles. The van der Waals surface area contributed by atoms with E-state index in [-0.39, 0.29) is 6.10 Å². The Morgan fingerprint density at radius 2 is 1.65 bits per heavy atom. The van der Waals surface area contributed by atoms with E-state index in [0.29, 0.717) is 17.9 Å². The van der Waals surface area contributed by atoms with E-state index in [4.69, 9.17) is 0 Å². The highest BCUT2D eigenvalue weighted by Crippen LogP contribution is 2.29. The second kappa shape index (κ2) is 6.44. The van der Waals surface area contributed by atoms with Crippen LogP contribution in [0.4, 0.5) is 0 Å². The van der Waals surface area contributed by atoms with Gasteiger partial charge in [0.25, 0.3) is 0 Å². The average molecular weight is 280 g/mol. The maximum absolute atomic E-state index is 12.3. The summed E-state index contributed by atoms with van der Waals surface area (Å²) in [6.07, 6.45) is 8.97. The number of aliphatic hydroxyl groups excluding tert-OH is 1. The maximum Gasteiger partial charge on any atom is 0.222 e. The Labute approximate surface area is 122 Å². The van der Waals surface area contributed by atoms with Gasteiger partial charge in [0.1, 0.15) is 0 Å². The lowest BCUT2D eigenvalue weighted by Gasteiger charge is -2.39. The summed E-state index contributed by atoms with van der Waals surface area (Å²) in [6, 6.07) is 0.349. The van der Waals surface area contributed by atoms with Crippen LogP contribution in [0.2, 0.25) is 0 Å². The maximum atomic E-state index is 12.3. The second-order valence-corrected chi connectivity index (χ2v) is 6.84. The molecule has 1 heterocycles. The minimum atomic E-state index is -0.143. The van der Waals surface area contributed by atoms with Gasteiger partial charge < -0.3 is 10.0 Å². The predicted molar refractivity (Wildman–Crippen MR) is 78.4 cm³/mol. The molecule has 4 heteroatoms. The molecule has 20 heavy (non-hydrogen) atoms. The number of aliphatic hydroxyl groups is 1. The fourth-order valence-corrected chi connectivity index (χ4v) is 4.24. The summed E-state index contributed by atoms with van der Waals surface area (Å²) in [5.41, 5.74) is 0. The number of carbonyl (C=O) groups is 1. The van der Waals surface area contributed by atoms with Crippen molar-refractivity contribution >= 4 is 5.91 Å². The molecule has 0 bridgehead atoms. The van der Waals surface area contributed by atoms with E-state index in [0.717, 1.165) is 51.9 Å². The fraction of sp³-hybridized carbons (Fsp3) is 0.938. The summed E-state index contributed by atoms with van der Waals surface area (Å²) in [4.78, 5) is 16.8. The Morgan fingerprint density at radius 3 is 2.25 bits per heavy atom. The molecule has 0 unspecified atom stereocenters. The Morgan fingerprint density at radius 1 is 0.950 bits per heavy atom. The fourth-order valence-electron chi connectivity index (χ4n) is 4.24. The molecule has 2 aliphatic carbocycles. The molecule has 2 atom stereocenters. The van der Waals surface area contributed by atoms with Crippen LogP contribution in [0.3, 0.4) is 0 Å². The van der Waals surface area contributed by atoms with Gasteiger partial charge in [-0.2, -0.15) is 0 Å². The monoisotopic (exact) mass is 280 g/mol. The van der Waals surface area contributed by atoms with Crippen LogP contribution in [0.25, 0.3) is 0 Å². The Balaban J connectivity index is 1.44. The number of carbonyl (C=O) groups excluding carboxylic acids is 1. The summed E-state index contributed by atoms with van der Waals surface area (Å²) >= 11 is 0. The third-order valence-corrected chi connectivity index (χ3v) is 5.52. The van der Waals surface area contributed by atoms with Gasteiger partial charge in [-0.05, 0) is 38.0 Å². The van der Waals surface area contributed by atoms with E-state index in [1.165, 1.54) is 25.7 Å². The van der Waals surface area contributed by atoms with Crippen LogP contribution in [-0.2, 0) is 4.79 Å². The van der Waals surface area contributed by atoms with E-state index < -0.39 is 0 Å². The molecule has 0 radical (unpaired) electrons. The van der Waals surface area contributed by atoms with Gasteiger partial charge in [-0.15, -0.1) is 0 Å². The standard InChI is InChI=1S/C16H28N2O2/c19-15-7-3-6-14(15)17-8-10-18(11-9-17)16(20)12-13-4-1-2-5-13/h13-15,19H,1-12H2/t14-,15-/m1/s1. The first-order valence-corrected chi connectivity index (χ1v) is 8.44. The summed E-state index contributed by atoms with van der Waals surface area (Å²) in [5, 5.41) is 9.98. The van der Waals surface area contributed by atoms with Crippen molar-refractivity contribution in [3.8, 4) is 0 Å². The Kier molecular flexibility index (Phi) is 4.61. The van der Waals surface area contributed by atoms with Gasteiger partial charge >= 0.3 is 0 Å². The second-order valence-electron chi connectivity index (χ2n) is 6.84. The first-order chi connectivity index (χ1) is 9.74. The average Bonchev–Trinajstić information content (AvgIpc) is 3.10. The zero-order chi connectivity index (χ0) is 13.9. The van der Waals surface area contributed by atoms with Gasteiger partial charge in [-0.1, -0.05) is 12.8 Å². The van der Waals surface area contributed by atoms with E-state index in [1.807, 2.05) is 0 Å². The molecular formula is C16H28N2O2. The van der Waals surface area contributed by atoms with E-state index >= 15 is 0 Å². The van der Waals surface area contributed by atoms with Crippen molar-refractivity contribution in [2.24, 2.45) is 5.92 Å². The molecule has 0 aromatic rings. The molecule has 1 aliphatic heterocycles. The molecule has 1 N–H and O–H groups in total. The minimum absolute atomic E-state index is 0.143. The largest absolute Gasteiger partial charge is 0.391 e. The van der Waals surface area contributed by atoms with Gasteiger partial charge in [-0.25, -0.2) is 0 Å². The topological polar surface area (TPSA) is 43.8 Å². The van der Waals surface area contributed by atoms with Gasteiger partial charge in [0, 0.05) is 38.6 Å². The van der Waals surface area contributed by atoms with Crippen molar-refractivity contribution in [2.45, 2.75) is 63.5 Å². The van der Waals surface area contributed by atoms with Crippen molar-refractivity contribution in [3.05, 3.63) is 0 Å². The number of hydrogen-bond donors (Lipinski definition) is 1. The van der Waals surface area contributed by atoms with Crippen molar-refractivity contribution in [3.63, 3.8) is 0 Å². The molecule has 1 amide bonds. The van der Waals surface area contributed by atoms with Gasteiger partial charge in [0.05, 0.1) is 6.10 Å². The summed E-state index contributed by atoms with van der Waals surface area (Å²) < 4.78 is 0. The zero-order valence-electron chi connectivity index (χ0n) is 12.5. The lowest BCUT2D eigenvalue weighted by Crippen LogP contribution is -2.53. The normalized spacial score (nSPS) is 33.0. The molecule has 2 saturated carbocycles. The smallest absolute Gasteiger partial charge is 0.222 e. The van der Waals surface area contributed by atoms with Crippen LogP contribution < -0.4 is 0 Å². The van der Waals surface area contributed by atoms with Gasteiger partial charge in [-0.3, -0.25) is 9.69 Å². The minimum Gasteiger partial charge on any atom is -0.391 e. The number of nitrogens with zero attached hydrogens (tertiary/aromatic N) is 2. The highest BCUT2D eigenvalue weighted by Gasteiger charge is 2.33. The van der Waals surface area contributed by atoms with Crippen LogP contribution in [0.15, 0.2) is 0 Å². The van der Waals surface area contributed by atoms with Crippen LogP contribution in [0, 0.1) is 5.92 Å². The Hall–Kier alpha value is -0.610. The number of amides is 1. The molecule has 3 aliphatic rings. The van der Waals surface area contributed by atoms with E-state index in [2.05, 4.69) is 9.80 Å². The van der Waals surface area contributed by atoms with E-state index in [9.17, 15) is 9.90 Å². The zero-order valence-corrected chi connectivity index (χ0v) is 12.5. The first-order valence-electron chi connectivity index (χ1n) is 8.44. The van der Waals surface area contributed by atoms with Crippen LogP contribution >= 0.6 is 0 Å². The van der Waals surface area contributed by atoms with Gasteiger partial charge in [0.2, 0.25) is 5.91 Å². The van der Waals surface area contributed by atoms with Crippen molar-refractivity contribution in [1.82, 2.24) is 9.80 Å². The van der Waals surface area contributed by atoms with Crippen molar-refractivity contribution < 1.29 is 9.90 Å². The van der Waals surface area contributed by atoms with Crippen LogP contribution in [-0.4, -0.2) is 59.1 Å².